The van der Waals surface area contributed by atoms with Crippen LogP contribution in [0.25, 0.3) is 6.08 Å². The van der Waals surface area contributed by atoms with Gasteiger partial charge in [-0.25, -0.2) is 4.79 Å². The minimum Gasteiger partial charge on any atom is -0.454 e. The van der Waals surface area contributed by atoms with Crippen LogP contribution in [0.4, 0.5) is 10.5 Å². The Morgan fingerprint density at radius 2 is 1.62 bits per heavy atom. The van der Waals surface area contributed by atoms with Crippen LogP contribution in [0.1, 0.15) is 5.56 Å². The van der Waals surface area contributed by atoms with E-state index >= 15 is 0 Å². The molecule has 124 valence electrons. The molecule has 0 N–H and O–H groups in total. The van der Waals surface area contributed by atoms with Gasteiger partial charge >= 0.3 is 6.03 Å². The highest BCUT2D eigenvalue weighted by Crippen LogP contribution is 2.39. The monoisotopic (exact) mass is 333 g/mol. The molecule has 0 aliphatic carbocycles. The molecular formula is C14H11N3O7. The van der Waals surface area contributed by atoms with Crippen LogP contribution in [0.2, 0.25) is 0 Å². The number of nitrogens with zero attached hydrogens (tertiary/aromatic N) is 3. The van der Waals surface area contributed by atoms with Crippen LogP contribution in [0.3, 0.4) is 0 Å². The van der Waals surface area contributed by atoms with Gasteiger partial charge in [-0.2, -0.15) is 0 Å². The number of amides is 4. The number of hydrogen-bond donors (Lipinski definition) is 0. The van der Waals surface area contributed by atoms with Crippen LogP contribution in [-0.2, 0) is 9.59 Å². The quantitative estimate of drug-likeness (QED) is 0.339. The van der Waals surface area contributed by atoms with Gasteiger partial charge in [0.05, 0.1) is 16.6 Å². The summed E-state index contributed by atoms with van der Waals surface area (Å²) in [4.78, 5) is 48.2. The zero-order chi connectivity index (χ0) is 17.6. The second kappa shape index (κ2) is 5.33. The van der Waals surface area contributed by atoms with E-state index in [-0.39, 0.29) is 35.1 Å². The lowest BCUT2D eigenvalue weighted by Crippen LogP contribution is -2.52. The maximum atomic E-state index is 12.2. The fraction of sp³-hybridized carbons (Fsp3) is 0.214. The summed E-state index contributed by atoms with van der Waals surface area (Å²) in [6.45, 7) is -0.0790. The second-order valence-corrected chi connectivity index (χ2v) is 5.09. The molecule has 2 aliphatic rings. The van der Waals surface area contributed by atoms with Gasteiger partial charge in [-0.05, 0) is 12.1 Å². The number of imide groups is 2. The number of carbonyl (C=O) groups excluding carboxylic acids is 3. The Morgan fingerprint density at radius 1 is 1.08 bits per heavy atom. The van der Waals surface area contributed by atoms with E-state index in [1.807, 2.05) is 0 Å². The van der Waals surface area contributed by atoms with Crippen molar-refractivity contribution in [3.05, 3.63) is 33.4 Å². The van der Waals surface area contributed by atoms with Crippen LogP contribution < -0.4 is 9.47 Å². The third-order valence-corrected chi connectivity index (χ3v) is 3.66. The summed E-state index contributed by atoms with van der Waals surface area (Å²) in [6.07, 6.45) is 1.07. The number of nitro benzene ring substituents is 1. The number of hydrogen-bond acceptors (Lipinski definition) is 7. The van der Waals surface area contributed by atoms with Crippen molar-refractivity contribution in [2.75, 3.05) is 20.9 Å². The molecule has 0 saturated carbocycles. The van der Waals surface area contributed by atoms with E-state index in [9.17, 15) is 24.5 Å². The van der Waals surface area contributed by atoms with Crippen molar-refractivity contribution < 1.29 is 28.8 Å². The van der Waals surface area contributed by atoms with Crippen molar-refractivity contribution in [2.45, 2.75) is 0 Å². The van der Waals surface area contributed by atoms with Gasteiger partial charge in [-0.1, -0.05) is 0 Å². The van der Waals surface area contributed by atoms with E-state index in [4.69, 9.17) is 9.47 Å². The number of benzene rings is 1. The molecule has 0 atom stereocenters. The normalized spacial score (nSPS) is 16.8. The van der Waals surface area contributed by atoms with Crippen LogP contribution in [0.5, 0.6) is 11.5 Å². The molecule has 1 aromatic rings. The van der Waals surface area contributed by atoms with Gasteiger partial charge < -0.3 is 9.47 Å². The first-order chi connectivity index (χ1) is 11.3. The molecule has 10 nitrogen and oxygen atoms in total. The molecule has 2 heterocycles. The largest absolute Gasteiger partial charge is 0.454 e. The summed E-state index contributed by atoms with van der Waals surface area (Å²) < 4.78 is 10.2. The lowest BCUT2D eigenvalue weighted by atomic mass is 10.0. The SMILES string of the molecule is CN1C(=O)C(=Cc2cc3c(cc2[N+](=O)[O-])OCO3)C(=O)N(C)C1=O. The highest BCUT2D eigenvalue weighted by molar-refractivity contribution is 6.30. The molecular weight excluding hydrogens is 322 g/mol. The van der Waals surface area contributed by atoms with Crippen molar-refractivity contribution in [2.24, 2.45) is 0 Å². The number of ether oxygens (including phenoxy) is 2. The zero-order valence-electron chi connectivity index (χ0n) is 12.6. The Kier molecular flexibility index (Phi) is 3.44. The van der Waals surface area contributed by atoms with E-state index in [1.54, 1.807) is 0 Å². The van der Waals surface area contributed by atoms with Crippen molar-refractivity contribution in [3.8, 4) is 11.5 Å². The third-order valence-electron chi connectivity index (χ3n) is 3.66. The smallest absolute Gasteiger partial charge is 0.333 e. The number of urea groups is 1. The number of nitro groups is 1. The Labute approximate surface area is 135 Å². The van der Waals surface area contributed by atoms with Gasteiger partial charge in [-0.15, -0.1) is 0 Å². The highest BCUT2D eigenvalue weighted by Gasteiger charge is 2.38. The van der Waals surface area contributed by atoms with Crippen molar-refractivity contribution >= 4 is 29.6 Å². The molecule has 0 bridgehead atoms. The average Bonchev–Trinajstić information content (AvgIpc) is 3.01. The Morgan fingerprint density at radius 3 is 2.17 bits per heavy atom. The van der Waals surface area contributed by atoms with E-state index < -0.39 is 22.8 Å². The molecule has 0 radical (unpaired) electrons. The maximum Gasteiger partial charge on any atom is 0.333 e. The molecule has 1 aromatic carbocycles. The first-order valence-electron chi connectivity index (χ1n) is 6.71. The summed E-state index contributed by atoms with van der Waals surface area (Å²) >= 11 is 0. The Hall–Kier alpha value is -3.43. The van der Waals surface area contributed by atoms with E-state index in [2.05, 4.69) is 0 Å². The van der Waals surface area contributed by atoms with Gasteiger partial charge in [0.1, 0.15) is 5.57 Å². The Bertz CT molecular complexity index is 804. The van der Waals surface area contributed by atoms with E-state index in [0.29, 0.717) is 0 Å². The fourth-order valence-electron chi connectivity index (χ4n) is 2.35. The number of carbonyl (C=O) groups is 3. The fourth-order valence-corrected chi connectivity index (χ4v) is 2.35. The molecule has 0 aromatic heterocycles. The minimum atomic E-state index is -0.838. The highest BCUT2D eigenvalue weighted by atomic mass is 16.7. The molecule has 0 spiro atoms. The molecule has 24 heavy (non-hydrogen) atoms. The summed E-state index contributed by atoms with van der Waals surface area (Å²) in [7, 11) is 2.44. The summed E-state index contributed by atoms with van der Waals surface area (Å²) in [6, 6.07) is 1.69. The first kappa shape index (κ1) is 15.5. The molecule has 3 rings (SSSR count). The van der Waals surface area contributed by atoms with Crippen molar-refractivity contribution in [1.29, 1.82) is 0 Å². The van der Waals surface area contributed by atoms with E-state index in [1.165, 1.54) is 20.2 Å². The van der Waals surface area contributed by atoms with Crippen molar-refractivity contribution in [1.82, 2.24) is 9.80 Å². The minimum absolute atomic E-state index is 0.00269. The molecule has 1 fully saturated rings. The summed E-state index contributed by atoms with van der Waals surface area (Å²) in [5.74, 6) is -1.21. The van der Waals surface area contributed by atoms with Gasteiger partial charge in [0.25, 0.3) is 17.5 Å². The Balaban J connectivity index is 2.14. The molecule has 10 heteroatoms. The summed E-state index contributed by atoms with van der Waals surface area (Å²) in [5.41, 5.74) is -0.715. The van der Waals surface area contributed by atoms with Gasteiger partial charge in [-0.3, -0.25) is 29.5 Å². The van der Waals surface area contributed by atoms with E-state index in [0.717, 1.165) is 21.9 Å². The maximum absolute atomic E-state index is 12.2. The van der Waals surface area contributed by atoms with Crippen LogP contribution in [0.15, 0.2) is 17.7 Å². The van der Waals surface area contributed by atoms with Crippen LogP contribution in [0, 0.1) is 10.1 Å². The molecule has 4 amide bonds. The predicted octanol–water partition coefficient (Wildman–Crippen LogP) is 0.757. The number of rotatable bonds is 2. The standard InChI is InChI=1S/C14H11N3O7/c1-15-12(18)8(13(19)16(2)14(15)20)3-7-4-10-11(24-6-23-10)5-9(7)17(21)22/h3-5H,6H2,1-2H3. The van der Waals surface area contributed by atoms with Crippen LogP contribution in [-0.4, -0.2) is 53.5 Å². The van der Waals surface area contributed by atoms with Crippen LogP contribution >= 0.6 is 0 Å². The summed E-state index contributed by atoms with van der Waals surface area (Å²) in [5, 5.41) is 11.2. The first-order valence-corrected chi connectivity index (χ1v) is 6.71. The third kappa shape index (κ3) is 2.24. The topological polar surface area (TPSA) is 119 Å². The number of fused-ring (bicyclic) bond motifs is 1. The number of likely N-dealkylation sites (N-methyl/N-ethyl adjacent to an activating group) is 2. The zero-order valence-corrected chi connectivity index (χ0v) is 12.6. The molecule has 0 unspecified atom stereocenters. The van der Waals surface area contributed by atoms with Crippen molar-refractivity contribution in [3.63, 3.8) is 0 Å². The molecule has 2 aliphatic heterocycles. The van der Waals surface area contributed by atoms with Gasteiger partial charge in [0.2, 0.25) is 6.79 Å². The lowest BCUT2D eigenvalue weighted by molar-refractivity contribution is -0.385. The van der Waals surface area contributed by atoms with Gasteiger partial charge in [0, 0.05) is 14.1 Å². The average molecular weight is 333 g/mol. The molecule has 1 saturated heterocycles. The predicted molar refractivity (Wildman–Crippen MR) is 78.1 cm³/mol. The second-order valence-electron chi connectivity index (χ2n) is 5.09. The lowest BCUT2D eigenvalue weighted by Gasteiger charge is -2.28. The number of barbiturate groups is 1. The van der Waals surface area contributed by atoms with Gasteiger partial charge in [0.15, 0.2) is 11.5 Å².